The molecule has 0 aliphatic heterocycles. The normalized spacial score (nSPS) is 11.6. The number of carbonyl (C=O) groups is 2. The zero-order valence-corrected chi connectivity index (χ0v) is 20.2. The van der Waals surface area contributed by atoms with Gasteiger partial charge in [-0.2, -0.15) is 0 Å². The van der Waals surface area contributed by atoms with Gasteiger partial charge in [0.15, 0.2) is 6.61 Å². The van der Waals surface area contributed by atoms with Crippen molar-refractivity contribution in [2.75, 3.05) is 13.2 Å². The van der Waals surface area contributed by atoms with E-state index in [1.165, 1.54) is 5.56 Å². The molecule has 0 spiro atoms. The highest BCUT2D eigenvalue weighted by Crippen LogP contribution is 2.20. The lowest BCUT2D eigenvalue weighted by molar-refractivity contribution is -0.139. The maximum Gasteiger partial charge on any atom is 0.341 e. The van der Waals surface area contributed by atoms with Crippen molar-refractivity contribution in [1.82, 2.24) is 10.6 Å². The summed E-state index contributed by atoms with van der Waals surface area (Å²) < 4.78 is 5.32. The topological polar surface area (TPSA) is 87.7 Å². The monoisotopic (exact) mass is 474 g/mol. The first-order valence-electron chi connectivity index (χ1n) is 12.0. The smallest absolute Gasteiger partial charge is 0.341 e. The van der Waals surface area contributed by atoms with Crippen LogP contribution >= 0.6 is 0 Å². The van der Waals surface area contributed by atoms with Gasteiger partial charge in [0.05, 0.1) is 6.04 Å². The molecule has 35 heavy (non-hydrogen) atoms. The number of aryl methyl sites for hydroxylation is 2. The standard InChI is InChI=1S/C29H34N2O4/c1-22-18-25(15-16-27(22)35-21-28(32)33)19-26(31-20-24-13-6-3-7-14-24)29(34)30-17-9-8-12-23-10-4-2-5-11-23/h2-7,10-11,13-16,18,26,31H,8-9,12,17,19-21H2,1H3,(H,30,34)(H,32,33)/t26-/m0/s1. The van der Waals surface area contributed by atoms with Crippen molar-refractivity contribution < 1.29 is 19.4 Å². The predicted molar refractivity (Wildman–Crippen MR) is 137 cm³/mol. The van der Waals surface area contributed by atoms with E-state index < -0.39 is 12.0 Å². The largest absolute Gasteiger partial charge is 0.482 e. The first-order valence-corrected chi connectivity index (χ1v) is 12.0. The number of hydrogen-bond donors (Lipinski definition) is 3. The third-order valence-electron chi connectivity index (χ3n) is 5.78. The highest BCUT2D eigenvalue weighted by molar-refractivity contribution is 5.82. The molecule has 0 fully saturated rings. The van der Waals surface area contributed by atoms with Gasteiger partial charge >= 0.3 is 5.97 Å². The van der Waals surface area contributed by atoms with Crippen LogP contribution in [-0.4, -0.2) is 36.2 Å². The highest BCUT2D eigenvalue weighted by atomic mass is 16.5. The SMILES string of the molecule is Cc1cc(C[C@H](NCc2ccccc2)C(=O)NCCCCc2ccccc2)ccc1OCC(=O)O. The molecule has 0 aliphatic carbocycles. The van der Waals surface area contributed by atoms with E-state index in [0.717, 1.165) is 36.0 Å². The van der Waals surface area contributed by atoms with Crippen LogP contribution in [0, 0.1) is 6.92 Å². The molecule has 184 valence electrons. The zero-order chi connectivity index (χ0) is 24.9. The van der Waals surface area contributed by atoms with E-state index in [0.29, 0.717) is 25.3 Å². The van der Waals surface area contributed by atoms with Crippen LogP contribution in [0.3, 0.4) is 0 Å². The summed E-state index contributed by atoms with van der Waals surface area (Å²) in [6, 6.07) is 25.6. The molecule has 0 heterocycles. The number of hydrogen-bond acceptors (Lipinski definition) is 4. The number of nitrogens with one attached hydrogen (secondary N) is 2. The molecular formula is C29H34N2O4. The van der Waals surface area contributed by atoms with Gasteiger partial charge in [-0.3, -0.25) is 4.79 Å². The highest BCUT2D eigenvalue weighted by Gasteiger charge is 2.19. The molecule has 0 unspecified atom stereocenters. The van der Waals surface area contributed by atoms with Crippen molar-refractivity contribution in [2.45, 2.75) is 45.2 Å². The second-order valence-electron chi connectivity index (χ2n) is 8.64. The maximum absolute atomic E-state index is 13.1. The van der Waals surface area contributed by atoms with Gasteiger partial charge in [-0.1, -0.05) is 72.8 Å². The lowest BCUT2D eigenvalue weighted by atomic mass is 10.0. The lowest BCUT2D eigenvalue weighted by Crippen LogP contribution is -2.45. The second-order valence-corrected chi connectivity index (χ2v) is 8.64. The van der Waals surface area contributed by atoms with Crippen LogP contribution in [0.2, 0.25) is 0 Å². The number of unbranched alkanes of at least 4 members (excludes halogenated alkanes) is 1. The van der Waals surface area contributed by atoms with Gasteiger partial charge < -0.3 is 20.5 Å². The van der Waals surface area contributed by atoms with Crippen molar-refractivity contribution in [3.8, 4) is 5.75 Å². The Bertz CT molecular complexity index is 1070. The zero-order valence-electron chi connectivity index (χ0n) is 20.2. The number of benzene rings is 3. The van der Waals surface area contributed by atoms with Crippen LogP contribution in [0.4, 0.5) is 0 Å². The number of ether oxygens (including phenoxy) is 1. The van der Waals surface area contributed by atoms with Crippen LogP contribution in [-0.2, 0) is 29.0 Å². The maximum atomic E-state index is 13.1. The molecule has 0 radical (unpaired) electrons. The van der Waals surface area contributed by atoms with Crippen LogP contribution in [0.25, 0.3) is 0 Å². The first kappa shape index (κ1) is 26.0. The minimum Gasteiger partial charge on any atom is -0.482 e. The minimum absolute atomic E-state index is 0.0236. The van der Waals surface area contributed by atoms with Crippen LogP contribution in [0.1, 0.15) is 35.1 Å². The average molecular weight is 475 g/mol. The Hall–Kier alpha value is -3.64. The molecule has 3 aromatic rings. The summed E-state index contributed by atoms with van der Waals surface area (Å²) in [5.74, 6) is -0.503. The summed E-state index contributed by atoms with van der Waals surface area (Å²) in [5.41, 5.74) is 4.25. The van der Waals surface area contributed by atoms with Gasteiger partial charge in [0.2, 0.25) is 5.91 Å². The van der Waals surface area contributed by atoms with Crippen LogP contribution in [0.15, 0.2) is 78.9 Å². The Morgan fingerprint density at radius 3 is 2.23 bits per heavy atom. The molecule has 1 atom stereocenters. The van der Waals surface area contributed by atoms with E-state index in [-0.39, 0.29) is 12.5 Å². The summed E-state index contributed by atoms with van der Waals surface area (Å²) in [7, 11) is 0. The van der Waals surface area contributed by atoms with E-state index in [1.807, 2.05) is 67.6 Å². The summed E-state index contributed by atoms with van der Waals surface area (Å²) in [6.07, 6.45) is 3.45. The molecule has 6 heteroatoms. The number of carbonyl (C=O) groups excluding carboxylic acids is 1. The van der Waals surface area contributed by atoms with Crippen molar-refractivity contribution in [2.24, 2.45) is 0 Å². The fourth-order valence-electron chi connectivity index (χ4n) is 3.90. The number of carboxylic acids is 1. The fraction of sp³-hybridized carbons (Fsp3) is 0.310. The molecular weight excluding hydrogens is 440 g/mol. The van der Waals surface area contributed by atoms with Gasteiger partial charge in [-0.05, 0) is 60.9 Å². The minimum atomic E-state index is -1.01. The molecule has 6 nitrogen and oxygen atoms in total. The molecule has 3 N–H and O–H groups in total. The molecule has 0 aromatic heterocycles. The molecule has 1 amide bonds. The quantitative estimate of drug-likeness (QED) is 0.303. The number of amides is 1. The predicted octanol–water partition coefficient (Wildman–Crippen LogP) is 4.30. The fourth-order valence-corrected chi connectivity index (χ4v) is 3.90. The number of carboxylic acid groups (broad SMARTS) is 1. The molecule has 3 aromatic carbocycles. The molecule has 0 bridgehead atoms. The molecule has 0 saturated carbocycles. The number of rotatable bonds is 14. The second kappa shape index (κ2) is 13.9. The van der Waals surface area contributed by atoms with Gasteiger partial charge in [-0.25, -0.2) is 4.79 Å². The molecule has 0 aliphatic rings. The number of aliphatic carboxylic acids is 1. The van der Waals surface area contributed by atoms with E-state index in [9.17, 15) is 9.59 Å². The third kappa shape index (κ3) is 9.26. The Morgan fingerprint density at radius 1 is 0.886 bits per heavy atom. The average Bonchev–Trinajstić information content (AvgIpc) is 2.87. The van der Waals surface area contributed by atoms with Crippen molar-refractivity contribution >= 4 is 11.9 Å². The first-order chi connectivity index (χ1) is 17.0. The molecule has 0 saturated heterocycles. The van der Waals surface area contributed by atoms with Crippen molar-refractivity contribution in [3.05, 3.63) is 101 Å². The van der Waals surface area contributed by atoms with E-state index in [1.54, 1.807) is 6.07 Å². The summed E-state index contributed by atoms with van der Waals surface area (Å²) >= 11 is 0. The summed E-state index contributed by atoms with van der Waals surface area (Å²) in [6.45, 7) is 2.72. The Kier molecular flexibility index (Phi) is 10.3. The van der Waals surface area contributed by atoms with Gasteiger partial charge in [0.1, 0.15) is 5.75 Å². The van der Waals surface area contributed by atoms with Gasteiger partial charge in [-0.15, -0.1) is 0 Å². The van der Waals surface area contributed by atoms with E-state index in [2.05, 4.69) is 22.8 Å². The van der Waals surface area contributed by atoms with Crippen LogP contribution in [0.5, 0.6) is 5.75 Å². The third-order valence-corrected chi connectivity index (χ3v) is 5.78. The summed E-state index contributed by atoms with van der Waals surface area (Å²) in [5, 5.41) is 15.3. The Balaban J connectivity index is 1.56. The Morgan fingerprint density at radius 2 is 1.57 bits per heavy atom. The lowest BCUT2D eigenvalue weighted by Gasteiger charge is -2.19. The van der Waals surface area contributed by atoms with E-state index >= 15 is 0 Å². The van der Waals surface area contributed by atoms with Gasteiger partial charge in [0, 0.05) is 13.1 Å². The van der Waals surface area contributed by atoms with E-state index in [4.69, 9.17) is 9.84 Å². The Labute approximate surface area is 207 Å². The van der Waals surface area contributed by atoms with Crippen LogP contribution < -0.4 is 15.4 Å². The van der Waals surface area contributed by atoms with Crippen molar-refractivity contribution in [1.29, 1.82) is 0 Å². The van der Waals surface area contributed by atoms with Crippen molar-refractivity contribution in [3.63, 3.8) is 0 Å². The molecule has 3 rings (SSSR count). The summed E-state index contributed by atoms with van der Waals surface area (Å²) in [4.78, 5) is 23.8. The van der Waals surface area contributed by atoms with Gasteiger partial charge in [0.25, 0.3) is 0 Å².